The summed E-state index contributed by atoms with van der Waals surface area (Å²) < 4.78 is 26.7. The van der Waals surface area contributed by atoms with E-state index >= 15 is 0 Å². The second kappa shape index (κ2) is 15.0. The number of fused-ring (bicyclic) bond motifs is 7. The van der Waals surface area contributed by atoms with Crippen molar-refractivity contribution in [3.63, 3.8) is 0 Å². The highest BCUT2D eigenvalue weighted by atomic mass is 31.2. The van der Waals surface area contributed by atoms with Crippen LogP contribution in [0.15, 0.2) is 218 Å². The molecule has 0 radical (unpaired) electrons. The van der Waals surface area contributed by atoms with Crippen molar-refractivity contribution in [3.8, 4) is 89.4 Å². The smallest absolute Gasteiger partial charge is 0.394 e. The molecule has 0 fully saturated rings. The Hall–Kier alpha value is -7.49. The van der Waals surface area contributed by atoms with Crippen LogP contribution in [0.2, 0.25) is 0 Å². The van der Waals surface area contributed by atoms with Crippen molar-refractivity contribution in [3.05, 3.63) is 218 Å². The molecule has 0 aliphatic carbocycles. The Morgan fingerprint density at radius 3 is 0.902 bits per heavy atom. The van der Waals surface area contributed by atoms with E-state index in [4.69, 9.17) is 9.05 Å². The zero-order valence-corrected chi connectivity index (χ0v) is 33.8. The van der Waals surface area contributed by atoms with Crippen molar-refractivity contribution in [1.82, 2.24) is 0 Å². The third-order valence-electron chi connectivity index (χ3n) is 11.7. The first-order valence-corrected chi connectivity index (χ1v) is 21.8. The summed E-state index contributed by atoms with van der Waals surface area (Å²) in [7, 11) is -4.72. The van der Waals surface area contributed by atoms with E-state index in [0.717, 1.165) is 66.1 Å². The molecule has 1 aliphatic heterocycles. The number of benzene rings is 10. The molecule has 1 aliphatic rings. The molecule has 0 unspecified atom stereocenters. The highest BCUT2D eigenvalue weighted by molar-refractivity contribution is 7.48. The lowest BCUT2D eigenvalue weighted by atomic mass is 9.86. The molecule has 10 aromatic rings. The lowest BCUT2D eigenvalue weighted by Gasteiger charge is -2.19. The second-order valence-electron chi connectivity index (χ2n) is 15.4. The normalized spacial score (nSPS) is 12.8. The average molecular weight is 805 g/mol. The molecule has 0 aromatic heterocycles. The molecule has 4 nitrogen and oxygen atoms in total. The van der Waals surface area contributed by atoms with E-state index in [1.807, 2.05) is 84.9 Å². The van der Waals surface area contributed by atoms with Crippen LogP contribution in [0.4, 0.5) is 0 Å². The van der Waals surface area contributed by atoms with Gasteiger partial charge in [-0.2, -0.15) is 0 Å². The lowest BCUT2D eigenvalue weighted by Crippen LogP contribution is -2.00. The SMILES string of the molecule is O=P1(O)Oc2c(-c3ccc(-c4ccc(-c5ccccc5)cc4)cc3)cc3ccccc3c2-c2c(c(-c3ccc(-c4ccc(-c5ccccc5)cc4)cc3)cc3ccccc23)O1. The van der Waals surface area contributed by atoms with E-state index in [-0.39, 0.29) is 0 Å². The molecule has 0 spiro atoms. The van der Waals surface area contributed by atoms with Gasteiger partial charge in [-0.15, -0.1) is 0 Å². The van der Waals surface area contributed by atoms with Crippen molar-refractivity contribution < 1.29 is 18.5 Å². The minimum absolute atomic E-state index is 0.305. The minimum Gasteiger partial charge on any atom is -0.394 e. The van der Waals surface area contributed by atoms with Gasteiger partial charge >= 0.3 is 7.82 Å². The molecule has 290 valence electrons. The van der Waals surface area contributed by atoms with Crippen LogP contribution in [0.5, 0.6) is 11.5 Å². The van der Waals surface area contributed by atoms with Crippen LogP contribution in [-0.4, -0.2) is 4.89 Å². The molecular weight excluding hydrogens is 768 g/mol. The average Bonchev–Trinajstić information content (AvgIpc) is 3.45. The van der Waals surface area contributed by atoms with E-state index in [0.29, 0.717) is 33.8 Å². The molecule has 10 aromatic carbocycles. The molecule has 1 N–H and O–H groups in total. The standard InChI is InChI=1S/C56H37O4P/c57-61(58)59-55-51(45-31-27-43(28-32-45)41-23-19-39(20-24-41)37-11-3-1-4-12-37)35-47-15-7-9-17-49(47)53(55)54-50-18-10-8-16-48(50)36-52(56(54)60-61)46-33-29-44(30-34-46)42-25-21-40(22-26-42)38-13-5-2-6-14-38/h1-36H,(H,57,58). The lowest BCUT2D eigenvalue weighted by molar-refractivity contribution is 0.295. The Kier molecular flexibility index (Phi) is 8.97. The quantitative estimate of drug-likeness (QED) is 0.170. The maximum absolute atomic E-state index is 14.3. The van der Waals surface area contributed by atoms with Crippen LogP contribution >= 0.6 is 7.82 Å². The number of rotatable bonds is 6. The third-order valence-corrected chi connectivity index (χ3v) is 12.5. The topological polar surface area (TPSA) is 55.8 Å². The van der Waals surface area contributed by atoms with Crippen LogP contribution in [0, 0.1) is 0 Å². The Morgan fingerprint density at radius 1 is 0.311 bits per heavy atom. The summed E-state index contributed by atoms with van der Waals surface area (Å²) >= 11 is 0. The predicted octanol–water partition coefficient (Wildman–Crippen LogP) is 15.5. The van der Waals surface area contributed by atoms with Gasteiger partial charge in [-0.25, -0.2) is 4.57 Å². The summed E-state index contributed by atoms with van der Waals surface area (Å²) in [5.74, 6) is 0.611. The summed E-state index contributed by atoms with van der Waals surface area (Å²) in [5.41, 5.74) is 13.5. The van der Waals surface area contributed by atoms with Gasteiger partial charge < -0.3 is 9.05 Å². The van der Waals surface area contributed by atoms with E-state index in [1.54, 1.807) is 0 Å². The van der Waals surface area contributed by atoms with Crippen molar-refractivity contribution >= 4 is 29.4 Å². The fraction of sp³-hybridized carbons (Fsp3) is 0. The van der Waals surface area contributed by atoms with Crippen LogP contribution in [0.3, 0.4) is 0 Å². The van der Waals surface area contributed by atoms with E-state index in [9.17, 15) is 9.46 Å². The van der Waals surface area contributed by atoms with E-state index < -0.39 is 7.82 Å². The van der Waals surface area contributed by atoms with Crippen LogP contribution in [0.1, 0.15) is 0 Å². The van der Waals surface area contributed by atoms with E-state index in [1.165, 1.54) is 11.1 Å². The molecule has 0 saturated carbocycles. The van der Waals surface area contributed by atoms with Crippen molar-refractivity contribution in [2.45, 2.75) is 0 Å². The highest BCUT2D eigenvalue weighted by Gasteiger charge is 2.37. The van der Waals surface area contributed by atoms with Gasteiger partial charge in [0.25, 0.3) is 0 Å². The van der Waals surface area contributed by atoms with Crippen molar-refractivity contribution in [2.24, 2.45) is 0 Å². The van der Waals surface area contributed by atoms with Gasteiger partial charge in [-0.1, -0.05) is 206 Å². The molecule has 0 amide bonds. The molecule has 11 rings (SSSR count). The zero-order chi connectivity index (χ0) is 40.9. The number of phosphoric ester groups is 1. The van der Waals surface area contributed by atoms with Crippen molar-refractivity contribution in [1.29, 1.82) is 0 Å². The van der Waals surface area contributed by atoms with Gasteiger partial charge in [-0.05, 0) is 89.3 Å². The van der Waals surface area contributed by atoms with Gasteiger partial charge in [0.2, 0.25) is 0 Å². The highest BCUT2D eigenvalue weighted by Crippen LogP contribution is 2.61. The molecule has 0 bridgehead atoms. The van der Waals surface area contributed by atoms with Crippen molar-refractivity contribution in [2.75, 3.05) is 0 Å². The molecule has 1 heterocycles. The first kappa shape index (κ1) is 36.6. The fourth-order valence-corrected chi connectivity index (χ4v) is 9.56. The first-order valence-electron chi connectivity index (χ1n) is 20.3. The molecule has 0 saturated heterocycles. The van der Waals surface area contributed by atoms with Gasteiger partial charge in [-0.3, -0.25) is 4.89 Å². The Morgan fingerprint density at radius 2 is 0.574 bits per heavy atom. The van der Waals surface area contributed by atoms with Gasteiger partial charge in [0.1, 0.15) is 11.5 Å². The number of hydrogen-bond acceptors (Lipinski definition) is 3. The third kappa shape index (κ3) is 6.79. The predicted molar refractivity (Wildman–Crippen MR) is 251 cm³/mol. The Labute approximate surface area is 354 Å². The van der Waals surface area contributed by atoms with Crippen LogP contribution < -0.4 is 9.05 Å². The van der Waals surface area contributed by atoms with Crippen LogP contribution in [-0.2, 0) is 4.57 Å². The zero-order valence-electron chi connectivity index (χ0n) is 32.9. The van der Waals surface area contributed by atoms with Gasteiger partial charge in [0.15, 0.2) is 0 Å². The molecule has 0 atom stereocenters. The maximum atomic E-state index is 14.3. The van der Waals surface area contributed by atoms with Gasteiger partial charge in [0.05, 0.1) is 0 Å². The summed E-state index contributed by atoms with van der Waals surface area (Å²) in [5, 5.41) is 3.72. The summed E-state index contributed by atoms with van der Waals surface area (Å²) in [4.78, 5) is 11.6. The molecule has 5 heteroatoms. The Balaban J connectivity index is 1.04. The minimum atomic E-state index is -4.72. The maximum Gasteiger partial charge on any atom is 0.584 e. The number of phosphoric acid groups is 1. The van der Waals surface area contributed by atoms with Gasteiger partial charge in [0, 0.05) is 22.3 Å². The second-order valence-corrected chi connectivity index (χ2v) is 16.7. The summed E-state index contributed by atoms with van der Waals surface area (Å²) in [6.07, 6.45) is 0. The van der Waals surface area contributed by atoms with E-state index in [2.05, 4.69) is 133 Å². The largest absolute Gasteiger partial charge is 0.584 e. The molecular formula is C56H37O4P. The fourth-order valence-electron chi connectivity index (χ4n) is 8.68. The Bertz CT molecular complexity index is 3070. The first-order chi connectivity index (χ1) is 30.0. The molecule has 61 heavy (non-hydrogen) atoms. The number of hydrogen-bond donors (Lipinski definition) is 1. The monoisotopic (exact) mass is 804 g/mol. The van der Waals surface area contributed by atoms with Crippen LogP contribution in [0.25, 0.3) is 99.4 Å². The summed E-state index contributed by atoms with van der Waals surface area (Å²) in [6.45, 7) is 0. The summed E-state index contributed by atoms with van der Waals surface area (Å²) in [6, 6.07) is 74.7.